The number of nitrogens with zero attached hydrogens (tertiary/aromatic N) is 2. The molecule has 0 spiro atoms. The molecule has 1 amide bonds. The largest absolute Gasteiger partial charge is 0.560 e. The van der Waals surface area contributed by atoms with Gasteiger partial charge in [-0.15, -0.1) is 0 Å². The number of fused-ring (bicyclic) bond motifs is 1. The molecule has 3 aliphatic rings. The summed E-state index contributed by atoms with van der Waals surface area (Å²) in [6.07, 6.45) is -0.343. The van der Waals surface area contributed by atoms with Gasteiger partial charge >= 0.3 is 13.3 Å². The predicted octanol–water partition coefficient (Wildman–Crippen LogP) is 3.20. The average Bonchev–Trinajstić information content (AvgIpc) is 2.95. The molecule has 0 radical (unpaired) electrons. The number of amides is 1. The maximum atomic E-state index is 14.4. The second-order valence-electron chi connectivity index (χ2n) is 9.73. The van der Waals surface area contributed by atoms with Crippen LogP contribution in [0, 0.1) is 5.92 Å². The van der Waals surface area contributed by atoms with Crippen molar-refractivity contribution in [2.75, 3.05) is 13.1 Å². The molecule has 0 aromatic heterocycles. The van der Waals surface area contributed by atoms with E-state index >= 15 is 0 Å². The van der Waals surface area contributed by atoms with Gasteiger partial charge in [-0.1, -0.05) is 0 Å². The second kappa shape index (κ2) is 6.35. The monoisotopic (exact) mass is 370 g/mol. The SMILES string of the molecule is CC(C)(C)OC(=O)N1CCC2CC(F)CN(B3OC(C)(C)C(C)(C)O3)C21. The van der Waals surface area contributed by atoms with Gasteiger partial charge in [0.05, 0.1) is 17.4 Å². The normalized spacial score (nSPS) is 34.1. The number of rotatable bonds is 1. The third kappa shape index (κ3) is 3.60. The molecule has 0 aromatic rings. The van der Waals surface area contributed by atoms with E-state index in [1.807, 2.05) is 53.3 Å². The van der Waals surface area contributed by atoms with Gasteiger partial charge in [0.2, 0.25) is 0 Å². The summed E-state index contributed by atoms with van der Waals surface area (Å²) in [6.45, 7) is 14.2. The Morgan fingerprint density at radius 3 is 2.31 bits per heavy atom. The fraction of sp³-hybridized carbons (Fsp3) is 0.944. The van der Waals surface area contributed by atoms with Gasteiger partial charge in [-0.05, 0) is 67.2 Å². The standard InChI is InChI=1S/C18H32BFN2O4/c1-16(2,3)24-15(23)21-9-8-12-10-13(20)11-22(14(12)21)19-25-17(4,5)18(6,7)26-19/h12-14H,8-11H2,1-7H3. The summed E-state index contributed by atoms with van der Waals surface area (Å²) in [6, 6.07) is 0. The van der Waals surface area contributed by atoms with Gasteiger partial charge in [0.1, 0.15) is 11.8 Å². The Morgan fingerprint density at radius 1 is 1.19 bits per heavy atom. The van der Waals surface area contributed by atoms with E-state index in [0.29, 0.717) is 13.0 Å². The van der Waals surface area contributed by atoms with Crippen LogP contribution in [0.15, 0.2) is 0 Å². The molecule has 148 valence electrons. The minimum Gasteiger partial charge on any atom is -0.444 e. The summed E-state index contributed by atoms with van der Waals surface area (Å²) in [5, 5.41) is 0. The molecule has 8 heteroatoms. The molecule has 0 aromatic carbocycles. The van der Waals surface area contributed by atoms with Gasteiger partial charge in [0.25, 0.3) is 0 Å². The highest BCUT2D eigenvalue weighted by molar-refractivity contribution is 6.42. The Hall–Kier alpha value is -0.855. The molecule has 3 rings (SSSR count). The van der Waals surface area contributed by atoms with Crippen LogP contribution in [-0.4, -0.2) is 65.3 Å². The van der Waals surface area contributed by atoms with Crippen LogP contribution >= 0.6 is 0 Å². The van der Waals surface area contributed by atoms with Crippen molar-refractivity contribution in [3.05, 3.63) is 0 Å². The number of ether oxygens (including phenoxy) is 1. The summed E-state index contributed by atoms with van der Waals surface area (Å²) >= 11 is 0. The quantitative estimate of drug-likeness (QED) is 0.664. The highest BCUT2D eigenvalue weighted by Gasteiger charge is 2.59. The summed E-state index contributed by atoms with van der Waals surface area (Å²) in [5.74, 6) is 0.0605. The molecule has 0 N–H and O–H groups in total. The zero-order valence-corrected chi connectivity index (χ0v) is 17.0. The number of piperidine rings is 1. The van der Waals surface area contributed by atoms with Crippen LogP contribution in [0.4, 0.5) is 9.18 Å². The van der Waals surface area contributed by atoms with E-state index in [1.165, 1.54) is 0 Å². The van der Waals surface area contributed by atoms with Crippen LogP contribution in [0.1, 0.15) is 61.3 Å². The van der Waals surface area contributed by atoms with E-state index in [-0.39, 0.29) is 24.7 Å². The smallest absolute Gasteiger partial charge is 0.444 e. The Labute approximate surface area is 156 Å². The third-order valence-corrected chi connectivity index (χ3v) is 5.93. The van der Waals surface area contributed by atoms with Gasteiger partial charge in [-0.3, -0.25) is 9.71 Å². The Kier molecular flexibility index (Phi) is 4.86. The van der Waals surface area contributed by atoms with Gasteiger partial charge in [0, 0.05) is 13.1 Å². The first kappa shape index (κ1) is 19.9. The van der Waals surface area contributed by atoms with Gasteiger partial charge in [-0.25, -0.2) is 9.18 Å². The van der Waals surface area contributed by atoms with Crippen molar-refractivity contribution in [1.29, 1.82) is 0 Å². The van der Waals surface area contributed by atoms with Crippen molar-refractivity contribution in [2.45, 2.75) is 90.4 Å². The van der Waals surface area contributed by atoms with Crippen molar-refractivity contribution >= 4 is 13.3 Å². The molecule has 0 bridgehead atoms. The number of alkyl halides is 1. The maximum absolute atomic E-state index is 14.4. The van der Waals surface area contributed by atoms with Crippen LogP contribution in [0.2, 0.25) is 0 Å². The lowest BCUT2D eigenvalue weighted by atomic mass is 9.87. The molecule has 26 heavy (non-hydrogen) atoms. The fourth-order valence-corrected chi connectivity index (χ4v) is 3.95. The minimum atomic E-state index is -0.950. The first-order valence-electron chi connectivity index (χ1n) is 9.56. The van der Waals surface area contributed by atoms with Crippen LogP contribution in [0.5, 0.6) is 0 Å². The van der Waals surface area contributed by atoms with Crippen molar-refractivity contribution in [3.8, 4) is 0 Å². The van der Waals surface area contributed by atoms with Gasteiger partial charge in [0.15, 0.2) is 0 Å². The molecule has 0 aliphatic carbocycles. The van der Waals surface area contributed by atoms with E-state index < -0.39 is 30.2 Å². The predicted molar refractivity (Wildman–Crippen MR) is 97.1 cm³/mol. The lowest BCUT2D eigenvalue weighted by Gasteiger charge is -2.43. The number of likely N-dealkylation sites (tertiary alicyclic amines) is 1. The molecular formula is C18H32BFN2O4. The second-order valence-corrected chi connectivity index (χ2v) is 9.73. The van der Waals surface area contributed by atoms with Gasteiger partial charge in [-0.2, -0.15) is 0 Å². The maximum Gasteiger partial charge on any atom is 0.560 e. The van der Waals surface area contributed by atoms with E-state index in [1.54, 1.807) is 4.90 Å². The lowest BCUT2D eigenvalue weighted by molar-refractivity contribution is -0.0175. The van der Waals surface area contributed by atoms with E-state index in [0.717, 1.165) is 6.42 Å². The molecule has 3 heterocycles. The minimum absolute atomic E-state index is 0.0605. The van der Waals surface area contributed by atoms with Crippen LogP contribution < -0.4 is 0 Å². The van der Waals surface area contributed by atoms with Crippen LogP contribution in [0.3, 0.4) is 0 Å². The summed E-state index contributed by atoms with van der Waals surface area (Å²) in [4.78, 5) is 16.3. The number of carbonyl (C=O) groups excluding carboxylic acids is 1. The third-order valence-electron chi connectivity index (χ3n) is 5.93. The number of carbonyl (C=O) groups is 1. The number of halogens is 1. The molecule has 3 aliphatic heterocycles. The summed E-state index contributed by atoms with van der Waals surface area (Å²) in [7, 11) is -0.672. The molecule has 3 atom stereocenters. The average molecular weight is 370 g/mol. The number of hydrogen-bond acceptors (Lipinski definition) is 5. The molecule has 6 nitrogen and oxygen atoms in total. The molecule has 3 fully saturated rings. The van der Waals surface area contributed by atoms with Crippen molar-refractivity contribution in [2.24, 2.45) is 5.92 Å². The van der Waals surface area contributed by atoms with E-state index in [9.17, 15) is 9.18 Å². The first-order chi connectivity index (χ1) is 11.8. The molecule has 3 unspecified atom stereocenters. The van der Waals surface area contributed by atoms with E-state index in [2.05, 4.69) is 0 Å². The molecule has 0 saturated carbocycles. The zero-order chi connectivity index (χ0) is 19.5. The highest BCUT2D eigenvalue weighted by atomic mass is 19.1. The number of hydrogen-bond donors (Lipinski definition) is 0. The summed E-state index contributed by atoms with van der Waals surface area (Å²) in [5.41, 5.74) is -1.58. The zero-order valence-electron chi connectivity index (χ0n) is 17.0. The Morgan fingerprint density at radius 2 is 1.77 bits per heavy atom. The van der Waals surface area contributed by atoms with Crippen LogP contribution in [-0.2, 0) is 14.0 Å². The Balaban J connectivity index is 1.83. The van der Waals surface area contributed by atoms with Crippen molar-refractivity contribution in [1.82, 2.24) is 9.71 Å². The fourth-order valence-electron chi connectivity index (χ4n) is 3.95. The van der Waals surface area contributed by atoms with Crippen LogP contribution in [0.25, 0.3) is 0 Å². The summed E-state index contributed by atoms with van der Waals surface area (Å²) < 4.78 is 32.3. The topological polar surface area (TPSA) is 51.2 Å². The van der Waals surface area contributed by atoms with Gasteiger partial charge < -0.3 is 14.0 Å². The Bertz CT molecular complexity index is 550. The molecule has 3 saturated heterocycles. The highest BCUT2D eigenvalue weighted by Crippen LogP contribution is 2.42. The molecular weight excluding hydrogens is 338 g/mol. The van der Waals surface area contributed by atoms with Crippen molar-refractivity contribution < 1.29 is 23.2 Å². The van der Waals surface area contributed by atoms with E-state index in [4.69, 9.17) is 14.0 Å². The first-order valence-corrected chi connectivity index (χ1v) is 9.56. The lowest BCUT2D eigenvalue weighted by Crippen LogP contribution is -2.61. The van der Waals surface area contributed by atoms with Crippen molar-refractivity contribution in [3.63, 3.8) is 0 Å².